The molecule has 0 fully saturated rings. The fourth-order valence-electron chi connectivity index (χ4n) is 3.38. The fraction of sp³-hybridized carbons (Fsp3) is 0.565. The first-order valence-corrected chi connectivity index (χ1v) is 11.1. The minimum Gasteiger partial charge on any atom is -0.481 e. The maximum absolute atomic E-state index is 13.0. The van der Waals surface area contributed by atoms with Crippen molar-refractivity contribution in [3.05, 3.63) is 35.9 Å². The van der Waals surface area contributed by atoms with Gasteiger partial charge in [0, 0.05) is 32.4 Å². The van der Waals surface area contributed by atoms with Gasteiger partial charge in [0.05, 0.1) is 0 Å². The third kappa shape index (κ3) is 12.6. The number of nitrogens with one attached hydrogen (secondary N) is 1. The van der Waals surface area contributed by atoms with Gasteiger partial charge in [-0.15, -0.1) is 0 Å². The minimum atomic E-state index is -1.54. The summed E-state index contributed by atoms with van der Waals surface area (Å²) in [4.78, 5) is 48.8. The second-order valence-corrected chi connectivity index (χ2v) is 7.79. The second-order valence-electron chi connectivity index (χ2n) is 7.79. The van der Waals surface area contributed by atoms with E-state index >= 15 is 0 Å². The van der Waals surface area contributed by atoms with Crippen molar-refractivity contribution in [2.75, 3.05) is 13.1 Å². The summed E-state index contributed by atoms with van der Waals surface area (Å²) in [6.45, 7) is 0.245. The van der Waals surface area contributed by atoms with Gasteiger partial charge in [0.15, 0.2) is 6.29 Å². The van der Waals surface area contributed by atoms with Crippen molar-refractivity contribution < 1.29 is 39.6 Å². The SMILES string of the molecule is O=C(O)CCCNC(=O)C(CCc1ccccc1)N(CCCC(O)O)C(=O)CCCC(=O)O. The Morgan fingerprint density at radius 3 is 2.09 bits per heavy atom. The zero-order valence-corrected chi connectivity index (χ0v) is 18.7. The Labute approximate surface area is 193 Å². The number of aliphatic carboxylic acids is 2. The van der Waals surface area contributed by atoms with Gasteiger partial charge in [-0.25, -0.2) is 0 Å². The van der Waals surface area contributed by atoms with E-state index in [1.165, 1.54) is 4.90 Å². The van der Waals surface area contributed by atoms with Crippen LogP contribution in [0.4, 0.5) is 0 Å². The number of rotatable bonds is 17. The lowest BCUT2D eigenvalue weighted by atomic mass is 10.0. The van der Waals surface area contributed by atoms with Crippen LogP contribution >= 0.6 is 0 Å². The quantitative estimate of drug-likeness (QED) is 0.168. The molecular weight excluding hydrogens is 432 g/mol. The van der Waals surface area contributed by atoms with Crippen LogP contribution in [0.25, 0.3) is 0 Å². The number of carbonyl (C=O) groups is 4. The van der Waals surface area contributed by atoms with E-state index in [2.05, 4.69) is 5.32 Å². The molecule has 0 bridgehead atoms. The molecule has 0 aliphatic heterocycles. The van der Waals surface area contributed by atoms with Crippen LogP contribution in [0.3, 0.4) is 0 Å². The number of hydrogen-bond donors (Lipinski definition) is 5. The van der Waals surface area contributed by atoms with Crippen LogP contribution in [0.2, 0.25) is 0 Å². The fourth-order valence-corrected chi connectivity index (χ4v) is 3.38. The number of aliphatic hydroxyl groups excluding tert-OH is 1. The molecular formula is C23H34N2O8. The summed E-state index contributed by atoms with van der Waals surface area (Å²) >= 11 is 0. The standard InChI is InChI=1S/C23H34N2O8/c26-19(9-4-10-20(27)28)25(16-6-12-22(31)32)18(14-13-17-7-2-1-3-8-17)23(33)24-15-5-11-21(29)30/h1-3,7-8,18,22,31-32H,4-6,9-16H2,(H,24,33)(H,27,28)(H,29,30). The smallest absolute Gasteiger partial charge is 0.303 e. The number of carbonyl (C=O) groups excluding carboxylic acids is 2. The van der Waals surface area contributed by atoms with Crippen LogP contribution in [0.1, 0.15) is 56.9 Å². The molecule has 0 heterocycles. The number of carboxylic acids is 2. The zero-order valence-electron chi connectivity index (χ0n) is 18.7. The van der Waals surface area contributed by atoms with Crippen molar-refractivity contribution in [1.82, 2.24) is 10.2 Å². The van der Waals surface area contributed by atoms with E-state index in [0.717, 1.165) is 5.56 Å². The number of aliphatic hydroxyl groups is 2. The van der Waals surface area contributed by atoms with E-state index in [1.807, 2.05) is 30.3 Å². The highest BCUT2D eigenvalue weighted by Crippen LogP contribution is 2.15. The van der Waals surface area contributed by atoms with E-state index in [4.69, 9.17) is 20.4 Å². The van der Waals surface area contributed by atoms with E-state index in [9.17, 15) is 19.2 Å². The van der Waals surface area contributed by atoms with Crippen molar-refractivity contribution in [2.24, 2.45) is 0 Å². The van der Waals surface area contributed by atoms with E-state index < -0.39 is 30.2 Å². The summed E-state index contributed by atoms with van der Waals surface area (Å²) in [5, 5.41) is 38.6. The number of nitrogens with zero attached hydrogens (tertiary/aromatic N) is 1. The van der Waals surface area contributed by atoms with Crippen LogP contribution in [-0.4, -0.2) is 74.5 Å². The van der Waals surface area contributed by atoms with Crippen LogP contribution in [-0.2, 0) is 25.6 Å². The van der Waals surface area contributed by atoms with Crippen molar-refractivity contribution in [3.63, 3.8) is 0 Å². The summed E-state index contributed by atoms with van der Waals surface area (Å²) in [5.74, 6) is -2.80. The molecule has 2 amide bonds. The van der Waals surface area contributed by atoms with Gasteiger partial charge in [-0.05, 0) is 44.1 Å². The Kier molecular flexibility index (Phi) is 13.4. The maximum Gasteiger partial charge on any atom is 0.303 e. The third-order valence-electron chi connectivity index (χ3n) is 5.06. The molecule has 184 valence electrons. The molecule has 0 aromatic heterocycles. The highest BCUT2D eigenvalue weighted by molar-refractivity contribution is 5.87. The van der Waals surface area contributed by atoms with Gasteiger partial charge in [0.2, 0.25) is 11.8 Å². The van der Waals surface area contributed by atoms with Gasteiger partial charge in [-0.3, -0.25) is 19.2 Å². The van der Waals surface area contributed by atoms with Crippen LogP contribution in [0, 0.1) is 0 Å². The number of carboxylic acid groups (broad SMARTS) is 2. The summed E-state index contributed by atoms with van der Waals surface area (Å²) in [6.07, 6.45) is -0.415. The predicted octanol–water partition coefficient (Wildman–Crippen LogP) is 1.14. The molecule has 0 spiro atoms. The summed E-state index contributed by atoms with van der Waals surface area (Å²) in [6, 6.07) is 8.56. The topological polar surface area (TPSA) is 164 Å². The molecule has 1 atom stereocenters. The Balaban J connectivity index is 2.96. The Morgan fingerprint density at radius 1 is 0.848 bits per heavy atom. The Bertz CT molecular complexity index is 754. The van der Waals surface area contributed by atoms with Crippen molar-refractivity contribution in [3.8, 4) is 0 Å². The first-order chi connectivity index (χ1) is 15.7. The third-order valence-corrected chi connectivity index (χ3v) is 5.06. The molecule has 10 heteroatoms. The Hall–Kier alpha value is -2.98. The molecule has 10 nitrogen and oxygen atoms in total. The van der Waals surface area contributed by atoms with Crippen molar-refractivity contribution >= 4 is 23.8 Å². The molecule has 1 aromatic carbocycles. The molecule has 0 radical (unpaired) electrons. The lowest BCUT2D eigenvalue weighted by molar-refractivity contribution is -0.142. The average molecular weight is 467 g/mol. The number of amides is 2. The molecule has 1 rings (SSSR count). The number of hydrogen-bond acceptors (Lipinski definition) is 6. The lowest BCUT2D eigenvalue weighted by Crippen LogP contribution is -2.50. The molecule has 33 heavy (non-hydrogen) atoms. The minimum absolute atomic E-state index is 0.0184. The van der Waals surface area contributed by atoms with Gasteiger partial charge in [0.25, 0.3) is 0 Å². The second kappa shape index (κ2) is 15.8. The van der Waals surface area contributed by atoms with Crippen LogP contribution < -0.4 is 5.32 Å². The summed E-state index contributed by atoms with van der Waals surface area (Å²) < 4.78 is 0. The first kappa shape index (κ1) is 28.1. The zero-order chi connectivity index (χ0) is 24.6. The van der Waals surface area contributed by atoms with E-state index in [-0.39, 0.29) is 63.9 Å². The maximum atomic E-state index is 13.0. The van der Waals surface area contributed by atoms with Crippen LogP contribution in [0.15, 0.2) is 30.3 Å². The van der Waals surface area contributed by atoms with E-state index in [1.54, 1.807) is 0 Å². The van der Waals surface area contributed by atoms with Gasteiger partial charge >= 0.3 is 11.9 Å². The molecule has 0 aliphatic rings. The molecule has 1 unspecified atom stereocenters. The van der Waals surface area contributed by atoms with Crippen molar-refractivity contribution in [1.29, 1.82) is 0 Å². The molecule has 1 aromatic rings. The molecule has 0 saturated carbocycles. The van der Waals surface area contributed by atoms with Gasteiger partial charge in [0.1, 0.15) is 6.04 Å². The monoisotopic (exact) mass is 466 g/mol. The highest BCUT2D eigenvalue weighted by Gasteiger charge is 2.29. The van der Waals surface area contributed by atoms with Gasteiger partial charge in [-0.2, -0.15) is 0 Å². The van der Waals surface area contributed by atoms with Gasteiger partial charge < -0.3 is 30.6 Å². The molecule has 5 N–H and O–H groups in total. The van der Waals surface area contributed by atoms with Crippen molar-refractivity contribution in [2.45, 2.75) is 70.1 Å². The molecule has 0 saturated heterocycles. The average Bonchev–Trinajstić information content (AvgIpc) is 2.75. The summed E-state index contributed by atoms with van der Waals surface area (Å²) in [5.41, 5.74) is 0.977. The predicted molar refractivity (Wildman–Crippen MR) is 119 cm³/mol. The van der Waals surface area contributed by atoms with Crippen LogP contribution in [0.5, 0.6) is 0 Å². The normalized spacial score (nSPS) is 11.7. The number of aryl methyl sites for hydroxylation is 1. The summed E-state index contributed by atoms with van der Waals surface area (Å²) in [7, 11) is 0. The Morgan fingerprint density at radius 2 is 1.48 bits per heavy atom. The first-order valence-electron chi connectivity index (χ1n) is 11.1. The lowest BCUT2D eigenvalue weighted by Gasteiger charge is -2.31. The highest BCUT2D eigenvalue weighted by atomic mass is 16.5. The number of benzene rings is 1. The largest absolute Gasteiger partial charge is 0.481 e. The molecule has 0 aliphatic carbocycles. The van der Waals surface area contributed by atoms with E-state index in [0.29, 0.717) is 12.8 Å². The van der Waals surface area contributed by atoms with Gasteiger partial charge in [-0.1, -0.05) is 30.3 Å².